The van der Waals surface area contributed by atoms with Crippen molar-refractivity contribution in [1.29, 1.82) is 0 Å². The molecule has 10 nitrogen and oxygen atoms in total. The maximum Gasteiger partial charge on any atom is 0.254 e. The molecule has 0 bridgehead atoms. The van der Waals surface area contributed by atoms with E-state index in [4.69, 9.17) is 23.2 Å². The SMILES string of the molecule is CN1CCN(C(=O)c2cccc(N3C(=O)C4(CC4c4ccc(Cl)cc4)c4ccc(CN5CCN(C(O)c6cccc(N7C(=O)C8(CC8c8ccc(Cl)cc8)c8ccccc87)c6)CC5)cc43)c2)CC1. The zero-order chi connectivity index (χ0) is 46.5. The smallest absolute Gasteiger partial charge is 0.254 e. The number of carbonyl (C=O) groups excluding carboxylic acids is 3. The summed E-state index contributed by atoms with van der Waals surface area (Å²) >= 11 is 12.5. The Balaban J connectivity index is 0.762. The highest BCUT2D eigenvalue weighted by molar-refractivity contribution is 6.31. The van der Waals surface area contributed by atoms with Crippen LogP contribution in [0.5, 0.6) is 0 Å². The third-order valence-electron chi connectivity index (χ3n) is 15.8. The van der Waals surface area contributed by atoms with Crippen molar-refractivity contribution < 1.29 is 19.5 Å². The van der Waals surface area contributed by atoms with Crippen molar-refractivity contribution in [3.63, 3.8) is 0 Å². The van der Waals surface area contributed by atoms with E-state index in [2.05, 4.69) is 46.0 Å². The van der Waals surface area contributed by atoms with Crippen molar-refractivity contribution in [2.45, 2.75) is 48.3 Å². The normalized spacial score (nSPS) is 25.0. The van der Waals surface area contributed by atoms with Gasteiger partial charge in [-0.05, 0) is 120 Å². The molecule has 5 unspecified atom stereocenters. The standard InChI is InChI=1S/C56H52Cl2N6O4/c1-59-22-26-61(27-23-59)51(65)40-7-5-9-44(32-40)64-50-30-36(12-21-46(50)56(54(64)68)34-48(56)38-15-19-42(58)20-16-38)35-60-24-28-62(29-25-60)52(66)39-6-4-8-43(31-39)63-49-11-3-2-10-45(49)55(53(63)67)33-47(55)37-13-17-41(57)18-14-37/h2-21,30-32,47-48,52,66H,22-29,33-35H2,1H3. The molecule has 2 aliphatic carbocycles. The number of fused-ring (bicyclic) bond motifs is 4. The number of halogens is 2. The molecular weight excluding hydrogens is 892 g/mol. The number of nitrogens with zero attached hydrogens (tertiary/aromatic N) is 6. The molecule has 0 aromatic heterocycles. The molecule has 3 amide bonds. The summed E-state index contributed by atoms with van der Waals surface area (Å²) in [5.74, 6) is 0.182. The molecule has 2 saturated carbocycles. The van der Waals surface area contributed by atoms with Crippen LogP contribution < -0.4 is 9.80 Å². The molecular formula is C56H52Cl2N6O4. The summed E-state index contributed by atoms with van der Waals surface area (Å²) in [6.45, 7) is 6.46. The molecule has 4 fully saturated rings. The number of piperazine rings is 2. The van der Waals surface area contributed by atoms with E-state index in [9.17, 15) is 19.5 Å². The second-order valence-electron chi connectivity index (χ2n) is 19.6. The zero-order valence-electron chi connectivity index (χ0n) is 37.9. The average molecular weight is 944 g/mol. The highest BCUT2D eigenvalue weighted by atomic mass is 35.5. The number of hydrogen-bond acceptors (Lipinski definition) is 7. The van der Waals surface area contributed by atoms with Gasteiger partial charge in [0.25, 0.3) is 5.91 Å². The van der Waals surface area contributed by atoms with Crippen LogP contribution in [-0.4, -0.2) is 102 Å². The van der Waals surface area contributed by atoms with Gasteiger partial charge in [0.05, 0.1) is 22.2 Å². The molecule has 12 rings (SSSR count). The molecule has 1 N–H and O–H groups in total. The van der Waals surface area contributed by atoms with E-state index in [1.807, 2.05) is 130 Å². The molecule has 12 heteroatoms. The van der Waals surface area contributed by atoms with Gasteiger partial charge in [0.2, 0.25) is 11.8 Å². The highest BCUT2D eigenvalue weighted by Gasteiger charge is 2.68. The maximum atomic E-state index is 14.9. The van der Waals surface area contributed by atoms with Crippen LogP contribution in [0, 0.1) is 0 Å². The molecule has 0 radical (unpaired) electrons. The Morgan fingerprint density at radius 2 is 1.19 bits per heavy atom. The van der Waals surface area contributed by atoms with Crippen LogP contribution in [-0.2, 0) is 27.0 Å². The van der Waals surface area contributed by atoms with Crippen LogP contribution in [0.3, 0.4) is 0 Å². The molecule has 2 spiro atoms. The summed E-state index contributed by atoms with van der Waals surface area (Å²) in [6, 6.07) is 45.6. The van der Waals surface area contributed by atoms with Crippen molar-refractivity contribution in [3.8, 4) is 0 Å². The molecule has 2 saturated heterocycles. The van der Waals surface area contributed by atoms with Crippen molar-refractivity contribution in [1.82, 2.24) is 19.6 Å². The Morgan fingerprint density at radius 1 is 0.618 bits per heavy atom. The first-order valence-corrected chi connectivity index (χ1v) is 24.5. The number of amides is 3. The summed E-state index contributed by atoms with van der Waals surface area (Å²) < 4.78 is 0. The first-order chi connectivity index (χ1) is 33.0. The number of para-hydroxylation sites is 1. The molecule has 6 aromatic carbocycles. The molecule has 5 atom stereocenters. The van der Waals surface area contributed by atoms with Gasteiger partial charge in [0.1, 0.15) is 6.23 Å². The van der Waals surface area contributed by atoms with Crippen LogP contribution in [0.25, 0.3) is 0 Å². The molecule has 4 aliphatic heterocycles. The maximum absolute atomic E-state index is 14.9. The van der Waals surface area contributed by atoms with Gasteiger partial charge in [-0.3, -0.25) is 34.0 Å². The fraction of sp³-hybridized carbons (Fsp3) is 0.304. The molecule has 344 valence electrons. The van der Waals surface area contributed by atoms with Gasteiger partial charge < -0.3 is 14.9 Å². The van der Waals surface area contributed by atoms with Crippen LogP contribution >= 0.6 is 23.2 Å². The Kier molecular flexibility index (Phi) is 10.7. The second-order valence-corrected chi connectivity index (χ2v) is 20.5. The third kappa shape index (κ3) is 7.10. The molecule has 6 aliphatic rings. The highest BCUT2D eigenvalue weighted by Crippen LogP contribution is 2.68. The number of aliphatic hydroxyl groups excluding tert-OH is 1. The Labute approximate surface area is 406 Å². The third-order valence-corrected chi connectivity index (χ3v) is 16.3. The first kappa shape index (κ1) is 43.4. The minimum Gasteiger partial charge on any atom is -0.374 e. The lowest BCUT2D eigenvalue weighted by molar-refractivity contribution is -0.120. The summed E-state index contributed by atoms with van der Waals surface area (Å²) in [6.07, 6.45) is 0.605. The molecule has 68 heavy (non-hydrogen) atoms. The number of likely N-dealkylation sites (N-methyl/N-ethyl adjacent to an activating group) is 1. The van der Waals surface area contributed by atoms with Gasteiger partial charge in [-0.2, -0.15) is 0 Å². The number of hydrogen-bond donors (Lipinski definition) is 1. The van der Waals surface area contributed by atoms with E-state index < -0.39 is 17.1 Å². The topological polar surface area (TPSA) is 90.9 Å². The van der Waals surface area contributed by atoms with Gasteiger partial charge >= 0.3 is 0 Å². The van der Waals surface area contributed by atoms with Gasteiger partial charge in [-0.15, -0.1) is 0 Å². The lowest BCUT2D eigenvalue weighted by Gasteiger charge is -2.37. The first-order valence-electron chi connectivity index (χ1n) is 23.8. The number of anilines is 4. The Bertz CT molecular complexity index is 2990. The molecule has 6 aromatic rings. The summed E-state index contributed by atoms with van der Waals surface area (Å²) in [4.78, 5) is 55.6. The van der Waals surface area contributed by atoms with E-state index >= 15 is 0 Å². The minimum atomic E-state index is -0.844. The van der Waals surface area contributed by atoms with E-state index in [0.717, 1.165) is 83.0 Å². The van der Waals surface area contributed by atoms with Crippen LogP contribution in [0.4, 0.5) is 22.7 Å². The van der Waals surface area contributed by atoms with Crippen molar-refractivity contribution in [3.05, 3.63) is 189 Å². The Morgan fingerprint density at radius 3 is 1.84 bits per heavy atom. The van der Waals surface area contributed by atoms with Crippen molar-refractivity contribution in [2.24, 2.45) is 0 Å². The van der Waals surface area contributed by atoms with Crippen LogP contribution in [0.2, 0.25) is 10.0 Å². The summed E-state index contributed by atoms with van der Waals surface area (Å²) in [7, 11) is 2.07. The number of rotatable bonds is 9. The van der Waals surface area contributed by atoms with Crippen molar-refractivity contribution in [2.75, 3.05) is 69.2 Å². The molecule has 4 heterocycles. The van der Waals surface area contributed by atoms with E-state index in [1.54, 1.807) is 0 Å². The zero-order valence-corrected chi connectivity index (χ0v) is 39.4. The van der Waals surface area contributed by atoms with Crippen LogP contribution in [0.1, 0.15) is 74.6 Å². The van der Waals surface area contributed by atoms with Gasteiger partial charge in [-0.25, -0.2) is 0 Å². The largest absolute Gasteiger partial charge is 0.374 e. The quantitative estimate of drug-likeness (QED) is 0.155. The number of aliphatic hydroxyl groups is 1. The van der Waals surface area contributed by atoms with Crippen LogP contribution in [0.15, 0.2) is 140 Å². The number of benzene rings is 6. The van der Waals surface area contributed by atoms with E-state index in [0.29, 0.717) is 60.4 Å². The predicted octanol–water partition coefficient (Wildman–Crippen LogP) is 9.40. The summed E-state index contributed by atoms with van der Waals surface area (Å²) in [5, 5.41) is 13.2. The van der Waals surface area contributed by atoms with Gasteiger partial charge in [-0.1, -0.05) is 96.0 Å². The second kappa shape index (κ2) is 16.7. The Hall–Kier alpha value is -5.85. The fourth-order valence-corrected chi connectivity index (χ4v) is 12.1. The van der Waals surface area contributed by atoms with Gasteiger partial charge in [0.15, 0.2) is 0 Å². The summed E-state index contributed by atoms with van der Waals surface area (Å²) in [5.41, 5.74) is 8.61. The van der Waals surface area contributed by atoms with E-state index in [1.165, 1.54) is 0 Å². The average Bonchev–Trinajstić information content (AvgIpc) is 4.27. The minimum absolute atomic E-state index is 0.0134. The van der Waals surface area contributed by atoms with Gasteiger partial charge in [0, 0.05) is 97.7 Å². The monoisotopic (exact) mass is 942 g/mol. The lowest BCUT2D eigenvalue weighted by atomic mass is 9.91. The van der Waals surface area contributed by atoms with E-state index in [-0.39, 0.29) is 29.6 Å². The lowest BCUT2D eigenvalue weighted by Crippen LogP contribution is -2.47. The fourth-order valence-electron chi connectivity index (χ4n) is 11.9. The number of carbonyl (C=O) groups is 3. The predicted molar refractivity (Wildman–Crippen MR) is 266 cm³/mol. The van der Waals surface area contributed by atoms with Crippen molar-refractivity contribution >= 4 is 63.7 Å².